The van der Waals surface area contributed by atoms with Crippen molar-refractivity contribution >= 4 is 5.78 Å². The highest BCUT2D eigenvalue weighted by atomic mass is 16.3. The third kappa shape index (κ3) is 9.35. The number of aliphatic hydroxyl groups is 1. The van der Waals surface area contributed by atoms with E-state index in [9.17, 15) is 9.90 Å². The Morgan fingerprint density at radius 1 is 0.615 bits per heavy atom. The first-order valence-electron chi connectivity index (χ1n) is 11.7. The van der Waals surface area contributed by atoms with Gasteiger partial charge in [-0.25, -0.2) is 0 Å². The molecule has 1 aliphatic rings. The standard InChI is InChI=1S/C24H44O2/c1-3-5-7-9-11-13-15-17-19-21-22(24(26)23(21)25)20-18-16-14-12-10-8-6-4-2/h23,25H,3-20H2,1-2H3. The van der Waals surface area contributed by atoms with Gasteiger partial charge in [0.15, 0.2) is 5.78 Å². The van der Waals surface area contributed by atoms with E-state index in [0.717, 1.165) is 36.8 Å². The fourth-order valence-corrected chi connectivity index (χ4v) is 4.03. The number of carbonyl (C=O) groups excluding carboxylic acids is 1. The van der Waals surface area contributed by atoms with Crippen LogP contribution in [0.3, 0.4) is 0 Å². The molecule has 0 aromatic rings. The van der Waals surface area contributed by atoms with Crippen LogP contribution in [0.2, 0.25) is 0 Å². The van der Waals surface area contributed by atoms with Gasteiger partial charge in [-0.3, -0.25) is 4.79 Å². The fraction of sp³-hybridized carbons (Fsp3) is 0.875. The molecule has 152 valence electrons. The molecule has 0 spiro atoms. The second kappa shape index (κ2) is 15.4. The lowest BCUT2D eigenvalue weighted by Crippen LogP contribution is -2.36. The number of Topliss-reactive ketones (excluding diaryl/α,β-unsaturated/α-hetero) is 1. The van der Waals surface area contributed by atoms with Crippen molar-refractivity contribution in [3.63, 3.8) is 0 Å². The second-order valence-electron chi connectivity index (χ2n) is 8.22. The van der Waals surface area contributed by atoms with Gasteiger partial charge < -0.3 is 5.11 Å². The van der Waals surface area contributed by atoms with Crippen LogP contribution in [0, 0.1) is 0 Å². The lowest BCUT2D eigenvalue weighted by molar-refractivity contribution is -0.124. The summed E-state index contributed by atoms with van der Waals surface area (Å²) in [7, 11) is 0. The summed E-state index contributed by atoms with van der Waals surface area (Å²) in [5.41, 5.74) is 2.05. The molecule has 26 heavy (non-hydrogen) atoms. The van der Waals surface area contributed by atoms with E-state index in [-0.39, 0.29) is 5.78 Å². The molecule has 1 atom stereocenters. The van der Waals surface area contributed by atoms with Gasteiger partial charge in [-0.1, -0.05) is 104 Å². The molecule has 0 heterocycles. The van der Waals surface area contributed by atoms with Crippen LogP contribution in [0.25, 0.3) is 0 Å². The van der Waals surface area contributed by atoms with Crippen molar-refractivity contribution in [2.45, 2.75) is 136 Å². The van der Waals surface area contributed by atoms with Crippen LogP contribution in [0.15, 0.2) is 11.1 Å². The Morgan fingerprint density at radius 2 is 1.00 bits per heavy atom. The lowest BCUT2D eigenvalue weighted by Gasteiger charge is -2.28. The Kier molecular flexibility index (Phi) is 13.9. The van der Waals surface area contributed by atoms with Crippen LogP contribution in [-0.4, -0.2) is 17.0 Å². The highest BCUT2D eigenvalue weighted by Crippen LogP contribution is 2.33. The van der Waals surface area contributed by atoms with Gasteiger partial charge in [0.25, 0.3) is 0 Å². The zero-order valence-corrected chi connectivity index (χ0v) is 17.7. The Bertz CT molecular complexity index is 397. The van der Waals surface area contributed by atoms with Gasteiger partial charge in [0.05, 0.1) is 0 Å². The SMILES string of the molecule is CCCCCCCCCCC1=C(CCCCCCCCCC)C(O)C1=O. The van der Waals surface area contributed by atoms with Crippen molar-refractivity contribution < 1.29 is 9.90 Å². The molecule has 0 saturated heterocycles. The van der Waals surface area contributed by atoms with E-state index in [1.54, 1.807) is 0 Å². The Morgan fingerprint density at radius 3 is 1.46 bits per heavy atom. The minimum Gasteiger partial charge on any atom is -0.380 e. The Hall–Kier alpha value is -0.630. The predicted octanol–water partition coefficient (Wildman–Crippen LogP) is 7.29. The highest BCUT2D eigenvalue weighted by Gasteiger charge is 2.35. The summed E-state index contributed by atoms with van der Waals surface area (Å²) in [4.78, 5) is 11.9. The molecule has 2 nitrogen and oxygen atoms in total. The molecule has 2 heteroatoms. The fourth-order valence-electron chi connectivity index (χ4n) is 4.03. The summed E-state index contributed by atoms with van der Waals surface area (Å²) >= 11 is 0. The van der Waals surface area contributed by atoms with Crippen LogP contribution in [0.5, 0.6) is 0 Å². The average Bonchev–Trinajstić information content (AvgIpc) is 2.66. The predicted molar refractivity (Wildman–Crippen MR) is 112 cm³/mol. The summed E-state index contributed by atoms with van der Waals surface area (Å²) < 4.78 is 0. The minimum atomic E-state index is -0.761. The van der Waals surface area contributed by atoms with Gasteiger partial charge in [0.1, 0.15) is 6.10 Å². The van der Waals surface area contributed by atoms with Gasteiger partial charge in [-0.2, -0.15) is 0 Å². The summed E-state index contributed by atoms with van der Waals surface area (Å²) in [6.45, 7) is 4.51. The first-order chi connectivity index (χ1) is 12.7. The molecule has 0 aromatic heterocycles. The molecule has 0 aromatic carbocycles. The molecule has 1 unspecified atom stereocenters. The maximum atomic E-state index is 11.9. The summed E-state index contributed by atoms with van der Waals surface area (Å²) in [5, 5.41) is 9.96. The molecule has 0 amide bonds. The number of unbranched alkanes of at least 4 members (excludes halogenated alkanes) is 14. The van der Waals surface area contributed by atoms with Crippen molar-refractivity contribution in [1.82, 2.24) is 0 Å². The molecule has 0 bridgehead atoms. The molecule has 0 aliphatic heterocycles. The van der Waals surface area contributed by atoms with Crippen LogP contribution in [0.4, 0.5) is 0 Å². The van der Waals surface area contributed by atoms with Gasteiger partial charge in [0, 0.05) is 5.57 Å². The van der Waals surface area contributed by atoms with E-state index in [2.05, 4.69) is 13.8 Å². The Labute approximate surface area is 162 Å². The van der Waals surface area contributed by atoms with Gasteiger partial charge in [-0.05, 0) is 31.3 Å². The lowest BCUT2D eigenvalue weighted by atomic mass is 9.78. The number of hydrogen-bond acceptors (Lipinski definition) is 2. The van der Waals surface area contributed by atoms with E-state index in [0.29, 0.717) is 0 Å². The molecule has 0 saturated carbocycles. The van der Waals surface area contributed by atoms with E-state index in [1.807, 2.05) is 0 Å². The summed E-state index contributed by atoms with van der Waals surface area (Å²) in [6.07, 6.45) is 21.9. The molecular formula is C24H44O2. The van der Waals surface area contributed by atoms with Crippen molar-refractivity contribution in [1.29, 1.82) is 0 Å². The third-order valence-corrected chi connectivity index (χ3v) is 5.84. The van der Waals surface area contributed by atoms with Crippen molar-refractivity contribution in [2.75, 3.05) is 0 Å². The molecule has 1 N–H and O–H groups in total. The van der Waals surface area contributed by atoms with Gasteiger partial charge in [0.2, 0.25) is 0 Å². The number of rotatable bonds is 18. The first-order valence-corrected chi connectivity index (χ1v) is 11.7. The highest BCUT2D eigenvalue weighted by molar-refractivity contribution is 6.08. The van der Waals surface area contributed by atoms with Gasteiger partial charge in [-0.15, -0.1) is 0 Å². The molecular weight excluding hydrogens is 320 g/mol. The quantitative estimate of drug-likeness (QED) is 0.259. The van der Waals surface area contributed by atoms with Crippen LogP contribution in [-0.2, 0) is 4.79 Å². The topological polar surface area (TPSA) is 37.3 Å². The van der Waals surface area contributed by atoms with Crippen molar-refractivity contribution in [3.8, 4) is 0 Å². The third-order valence-electron chi connectivity index (χ3n) is 5.84. The number of carbonyl (C=O) groups is 1. The zero-order valence-electron chi connectivity index (χ0n) is 17.7. The average molecular weight is 365 g/mol. The van der Waals surface area contributed by atoms with E-state index in [4.69, 9.17) is 0 Å². The van der Waals surface area contributed by atoms with E-state index in [1.165, 1.54) is 89.9 Å². The maximum absolute atomic E-state index is 11.9. The smallest absolute Gasteiger partial charge is 0.191 e. The molecule has 0 fully saturated rings. The van der Waals surface area contributed by atoms with E-state index < -0.39 is 6.10 Å². The molecule has 1 rings (SSSR count). The van der Waals surface area contributed by atoms with E-state index >= 15 is 0 Å². The van der Waals surface area contributed by atoms with Crippen molar-refractivity contribution in [2.24, 2.45) is 0 Å². The normalized spacial score (nSPS) is 17.0. The largest absolute Gasteiger partial charge is 0.380 e. The number of ketones is 1. The van der Waals surface area contributed by atoms with Crippen LogP contribution < -0.4 is 0 Å². The van der Waals surface area contributed by atoms with Crippen LogP contribution in [0.1, 0.15) is 129 Å². The second-order valence-corrected chi connectivity index (χ2v) is 8.22. The summed E-state index contributed by atoms with van der Waals surface area (Å²) in [6, 6.07) is 0. The number of hydrogen-bond donors (Lipinski definition) is 1. The maximum Gasteiger partial charge on any atom is 0.191 e. The minimum absolute atomic E-state index is 0.0162. The Balaban J connectivity index is 2.10. The zero-order chi connectivity index (χ0) is 19.0. The van der Waals surface area contributed by atoms with Crippen molar-refractivity contribution in [3.05, 3.63) is 11.1 Å². The number of aliphatic hydroxyl groups excluding tert-OH is 1. The van der Waals surface area contributed by atoms with Crippen LogP contribution >= 0.6 is 0 Å². The summed E-state index contributed by atoms with van der Waals surface area (Å²) in [5.74, 6) is 0.0162. The first kappa shape index (κ1) is 23.4. The molecule has 1 aliphatic carbocycles. The molecule has 0 radical (unpaired) electrons. The van der Waals surface area contributed by atoms with Gasteiger partial charge >= 0.3 is 0 Å². The monoisotopic (exact) mass is 364 g/mol.